The van der Waals surface area contributed by atoms with E-state index in [4.69, 9.17) is 20.9 Å². The lowest BCUT2D eigenvalue weighted by Crippen LogP contribution is -2.14. The number of fused-ring (bicyclic) bond motifs is 5. The van der Waals surface area contributed by atoms with Crippen LogP contribution in [0.25, 0.3) is 88.8 Å². The summed E-state index contributed by atoms with van der Waals surface area (Å²) in [6, 6.07) is 37.6. The highest BCUT2D eigenvalue weighted by molar-refractivity contribution is 6.08. The molecule has 0 aliphatic heterocycles. The molecule has 0 bridgehead atoms. The van der Waals surface area contributed by atoms with E-state index in [-0.39, 0.29) is 33.6 Å². The van der Waals surface area contributed by atoms with Crippen molar-refractivity contribution in [2.45, 2.75) is 19.3 Å². The van der Waals surface area contributed by atoms with E-state index in [1.807, 2.05) is 54.6 Å². The average molecular weight is 686 g/mol. The molecule has 2 nitrogen and oxygen atoms in total. The van der Waals surface area contributed by atoms with Gasteiger partial charge in [0, 0.05) is 22.1 Å². The fourth-order valence-corrected chi connectivity index (χ4v) is 7.95. The quantitative estimate of drug-likeness (QED) is 0.180. The molecule has 0 unspecified atom stereocenters. The minimum Gasteiger partial charge on any atom is -0.228 e. The van der Waals surface area contributed by atoms with Gasteiger partial charge in [-0.25, -0.2) is 9.97 Å². The number of rotatable bonds is 5. The molecular formula is C51H36N2. The molecule has 1 aromatic heterocycles. The molecule has 8 aromatic carbocycles. The van der Waals surface area contributed by atoms with E-state index in [1.54, 1.807) is 6.07 Å². The Kier molecular flexibility index (Phi) is 5.32. The van der Waals surface area contributed by atoms with Gasteiger partial charge in [-0.2, -0.15) is 0 Å². The lowest BCUT2D eigenvalue weighted by atomic mass is 9.81. The molecule has 0 spiro atoms. The molecule has 0 fully saturated rings. The van der Waals surface area contributed by atoms with Gasteiger partial charge in [-0.15, -0.1) is 0 Å². The van der Waals surface area contributed by atoms with Crippen molar-refractivity contribution in [1.82, 2.24) is 9.97 Å². The summed E-state index contributed by atoms with van der Waals surface area (Å²) in [6.07, 6.45) is 0. The first-order chi connectivity index (χ1) is 29.8. The van der Waals surface area contributed by atoms with E-state index >= 15 is 0 Å². The van der Waals surface area contributed by atoms with Crippen molar-refractivity contribution in [2.24, 2.45) is 0 Å². The van der Waals surface area contributed by atoms with Crippen molar-refractivity contribution in [2.75, 3.05) is 0 Å². The second kappa shape index (κ2) is 12.3. The molecule has 1 heterocycles. The van der Waals surface area contributed by atoms with Gasteiger partial charge in [0.1, 0.15) is 0 Å². The summed E-state index contributed by atoms with van der Waals surface area (Å²) in [4.78, 5) is 10.0. The van der Waals surface area contributed by atoms with Gasteiger partial charge >= 0.3 is 0 Å². The minimum atomic E-state index is -0.622. The summed E-state index contributed by atoms with van der Waals surface area (Å²) in [5, 5.41) is 4.25. The maximum Gasteiger partial charge on any atom is 0.160 e. The van der Waals surface area contributed by atoms with Crippen LogP contribution in [0.1, 0.15) is 37.3 Å². The second-order valence-electron chi connectivity index (χ2n) is 13.9. The summed E-state index contributed by atoms with van der Waals surface area (Å²) < 4.78 is 78.5. The van der Waals surface area contributed by atoms with Crippen LogP contribution in [0.15, 0.2) is 182 Å². The molecule has 0 atom stereocenters. The van der Waals surface area contributed by atoms with Gasteiger partial charge in [0.05, 0.1) is 23.7 Å². The van der Waals surface area contributed by atoms with Gasteiger partial charge in [-0.05, 0) is 84.3 Å². The second-order valence-corrected chi connectivity index (χ2v) is 13.9. The third-order valence-electron chi connectivity index (χ3n) is 10.5. The third-order valence-corrected chi connectivity index (χ3v) is 10.5. The Morgan fingerprint density at radius 1 is 0.434 bits per heavy atom. The summed E-state index contributed by atoms with van der Waals surface area (Å²) in [5.41, 5.74) is 8.12. The Hall–Kier alpha value is -6.64. The van der Waals surface area contributed by atoms with Crippen LogP contribution in [0.2, 0.25) is 0 Å². The minimum absolute atomic E-state index is 0.0998. The largest absolute Gasteiger partial charge is 0.228 e. The van der Waals surface area contributed by atoms with Gasteiger partial charge in [0.2, 0.25) is 0 Å². The molecule has 250 valence electrons. The van der Waals surface area contributed by atoms with Crippen LogP contribution in [-0.4, -0.2) is 9.97 Å². The van der Waals surface area contributed by atoms with Gasteiger partial charge in [0.25, 0.3) is 0 Å². The molecule has 0 saturated carbocycles. The Balaban J connectivity index is 1.24. The van der Waals surface area contributed by atoms with Crippen molar-refractivity contribution in [3.8, 4) is 67.3 Å². The van der Waals surface area contributed by atoms with E-state index in [0.717, 1.165) is 27.5 Å². The molecule has 0 amide bonds. The highest BCUT2D eigenvalue weighted by Gasteiger charge is 2.37. The van der Waals surface area contributed by atoms with Crippen LogP contribution in [0.4, 0.5) is 0 Å². The predicted molar refractivity (Wildman–Crippen MR) is 222 cm³/mol. The van der Waals surface area contributed by atoms with Crippen molar-refractivity contribution >= 4 is 21.5 Å². The normalized spacial score (nSPS) is 15.2. The smallest absolute Gasteiger partial charge is 0.160 e. The average Bonchev–Trinajstić information content (AvgIpc) is 3.52. The van der Waals surface area contributed by atoms with Crippen LogP contribution >= 0.6 is 0 Å². The maximum atomic E-state index is 9.24. The Bertz CT molecular complexity index is 3350. The Labute approximate surface area is 322 Å². The first kappa shape index (κ1) is 23.0. The van der Waals surface area contributed by atoms with E-state index in [2.05, 4.69) is 80.6 Å². The first-order valence-electron chi connectivity index (χ1n) is 22.1. The third kappa shape index (κ3) is 5.10. The molecule has 1 aliphatic rings. The molecular weight excluding hydrogens is 641 g/mol. The molecule has 53 heavy (non-hydrogen) atoms. The Morgan fingerprint density at radius 2 is 1.06 bits per heavy atom. The SMILES string of the molecule is [2H]c1c([2H])c([2H])c(-c2c([2H])c([2H])c([2H])c([2H])c2-c2cc(-c3ccc(-c4cccc5c4-c4cc6ccccc6cc4C5(C)C)c4ccccc34)nc(-c3ccccc3)n2)c([2H])c1[2H]. The lowest BCUT2D eigenvalue weighted by Gasteiger charge is -2.22. The summed E-state index contributed by atoms with van der Waals surface area (Å²) in [6.45, 7) is 4.57. The fraction of sp³-hybridized carbons (Fsp3) is 0.0588. The molecule has 0 radical (unpaired) electrons. The van der Waals surface area contributed by atoms with Crippen LogP contribution in [0.5, 0.6) is 0 Å². The molecule has 10 rings (SSSR count). The number of hydrogen-bond donors (Lipinski definition) is 0. The summed E-state index contributed by atoms with van der Waals surface area (Å²) >= 11 is 0. The summed E-state index contributed by atoms with van der Waals surface area (Å²) in [7, 11) is 0. The van der Waals surface area contributed by atoms with Crippen molar-refractivity contribution in [1.29, 1.82) is 0 Å². The number of benzene rings is 8. The number of hydrogen-bond acceptors (Lipinski definition) is 2. The monoisotopic (exact) mass is 685 g/mol. The highest BCUT2D eigenvalue weighted by Crippen LogP contribution is 2.54. The molecule has 1 aliphatic carbocycles. The topological polar surface area (TPSA) is 25.8 Å². The lowest BCUT2D eigenvalue weighted by molar-refractivity contribution is 0.661. The van der Waals surface area contributed by atoms with Gasteiger partial charge < -0.3 is 0 Å². The fourth-order valence-electron chi connectivity index (χ4n) is 7.95. The zero-order valence-electron chi connectivity index (χ0n) is 38.0. The zero-order valence-corrected chi connectivity index (χ0v) is 29.0. The number of nitrogens with zero attached hydrogens (tertiary/aromatic N) is 2. The predicted octanol–water partition coefficient (Wildman–Crippen LogP) is 13.4. The van der Waals surface area contributed by atoms with Crippen LogP contribution in [0, 0.1) is 0 Å². The molecule has 0 N–H and O–H groups in total. The summed E-state index contributed by atoms with van der Waals surface area (Å²) in [5.74, 6) is 0.276. The van der Waals surface area contributed by atoms with Gasteiger partial charge in [-0.3, -0.25) is 0 Å². The van der Waals surface area contributed by atoms with Crippen molar-refractivity contribution in [3.05, 3.63) is 193 Å². The van der Waals surface area contributed by atoms with Crippen molar-refractivity contribution in [3.63, 3.8) is 0 Å². The van der Waals surface area contributed by atoms with Gasteiger partial charge in [0.15, 0.2) is 5.82 Å². The molecule has 9 aromatic rings. The van der Waals surface area contributed by atoms with E-state index in [1.165, 1.54) is 33.0 Å². The van der Waals surface area contributed by atoms with Gasteiger partial charge in [-0.1, -0.05) is 177 Å². The Morgan fingerprint density at radius 3 is 1.83 bits per heavy atom. The standard InChI is InChI=1S/C51H36N2/c1-51(2)45-27-15-26-43(49(45)44-30-35-20-9-10-21-36(35)31-46(44)51)40-28-29-42(39-24-13-12-23-38(39)40)48-32-47(52-50(53-48)34-18-7-4-8-19-34)41-25-14-11-22-37(41)33-16-5-3-6-17-33/h3-32H,1-2H3/i3D,5D,6D,11D,14D,16D,17D,22D,25D. The number of aromatic nitrogens is 2. The molecule has 2 heteroatoms. The van der Waals surface area contributed by atoms with Crippen molar-refractivity contribution < 1.29 is 12.3 Å². The zero-order chi connectivity index (χ0) is 43.4. The van der Waals surface area contributed by atoms with E-state index < -0.39 is 54.4 Å². The van der Waals surface area contributed by atoms with E-state index in [9.17, 15) is 1.37 Å². The molecule has 0 saturated heterocycles. The van der Waals surface area contributed by atoms with Crippen LogP contribution in [0.3, 0.4) is 0 Å². The van der Waals surface area contributed by atoms with E-state index in [0.29, 0.717) is 11.3 Å². The van der Waals surface area contributed by atoms with Crippen LogP contribution < -0.4 is 0 Å². The maximum absolute atomic E-state index is 9.24. The highest BCUT2D eigenvalue weighted by atomic mass is 14.9. The first-order valence-corrected chi connectivity index (χ1v) is 17.6. The van der Waals surface area contributed by atoms with Crippen LogP contribution in [-0.2, 0) is 5.41 Å².